The SMILES string of the molecule is CCCOCCNCc1ccc2c(c1)CCN(CC(O)CN1CCc3ccccc3C1)C2=O. The van der Waals surface area contributed by atoms with Gasteiger partial charge in [-0.2, -0.15) is 0 Å². The van der Waals surface area contributed by atoms with Crippen LogP contribution in [0.3, 0.4) is 0 Å². The molecule has 1 unspecified atom stereocenters. The van der Waals surface area contributed by atoms with Gasteiger partial charge in [-0.05, 0) is 47.6 Å². The number of ether oxygens (including phenoxy) is 1. The van der Waals surface area contributed by atoms with Crippen molar-refractivity contribution in [2.45, 2.75) is 45.4 Å². The van der Waals surface area contributed by atoms with Crippen LogP contribution in [0, 0.1) is 0 Å². The second-order valence-corrected chi connectivity index (χ2v) is 9.19. The maximum Gasteiger partial charge on any atom is 0.254 e. The van der Waals surface area contributed by atoms with Crippen LogP contribution in [0.15, 0.2) is 42.5 Å². The Labute approximate surface area is 197 Å². The zero-order valence-corrected chi connectivity index (χ0v) is 19.8. The third-order valence-electron chi connectivity index (χ3n) is 6.55. The molecule has 2 aromatic carbocycles. The Balaban J connectivity index is 1.25. The number of aliphatic hydroxyl groups is 1. The Morgan fingerprint density at radius 2 is 1.85 bits per heavy atom. The Kier molecular flexibility index (Phi) is 8.51. The molecule has 0 fully saturated rings. The minimum Gasteiger partial charge on any atom is -0.390 e. The van der Waals surface area contributed by atoms with Gasteiger partial charge in [0.25, 0.3) is 5.91 Å². The first-order chi connectivity index (χ1) is 16.1. The predicted molar refractivity (Wildman–Crippen MR) is 130 cm³/mol. The number of aliphatic hydroxyl groups excluding tert-OH is 1. The van der Waals surface area contributed by atoms with E-state index in [-0.39, 0.29) is 5.91 Å². The van der Waals surface area contributed by atoms with Crippen molar-refractivity contribution in [1.29, 1.82) is 0 Å². The average molecular weight is 452 g/mol. The zero-order valence-electron chi connectivity index (χ0n) is 19.8. The second kappa shape index (κ2) is 11.7. The topological polar surface area (TPSA) is 65.0 Å². The van der Waals surface area contributed by atoms with E-state index in [2.05, 4.69) is 47.5 Å². The van der Waals surface area contributed by atoms with Crippen LogP contribution in [-0.4, -0.2) is 72.9 Å². The number of carbonyl (C=O) groups excluding carboxylic acids is 1. The molecule has 0 bridgehead atoms. The van der Waals surface area contributed by atoms with E-state index >= 15 is 0 Å². The number of benzene rings is 2. The molecule has 6 heteroatoms. The number of carbonyl (C=O) groups is 1. The Morgan fingerprint density at radius 1 is 1.03 bits per heavy atom. The quantitative estimate of drug-likeness (QED) is 0.514. The van der Waals surface area contributed by atoms with Gasteiger partial charge in [0.1, 0.15) is 0 Å². The summed E-state index contributed by atoms with van der Waals surface area (Å²) in [5, 5.41) is 14.1. The van der Waals surface area contributed by atoms with E-state index in [4.69, 9.17) is 4.74 Å². The first kappa shape index (κ1) is 23.9. The number of amides is 1. The highest BCUT2D eigenvalue weighted by Crippen LogP contribution is 2.22. The van der Waals surface area contributed by atoms with E-state index in [0.717, 1.165) is 69.8 Å². The summed E-state index contributed by atoms with van der Waals surface area (Å²) in [6.45, 7) is 8.69. The summed E-state index contributed by atoms with van der Waals surface area (Å²) in [6.07, 6.45) is 2.35. The van der Waals surface area contributed by atoms with Gasteiger partial charge in [0.2, 0.25) is 0 Å². The molecule has 0 radical (unpaired) electrons. The molecule has 0 aliphatic carbocycles. The number of hydrogen-bond acceptors (Lipinski definition) is 5. The van der Waals surface area contributed by atoms with Gasteiger partial charge in [-0.1, -0.05) is 43.3 Å². The van der Waals surface area contributed by atoms with Crippen molar-refractivity contribution in [3.05, 3.63) is 70.3 Å². The maximum atomic E-state index is 13.0. The van der Waals surface area contributed by atoms with Crippen LogP contribution >= 0.6 is 0 Å². The van der Waals surface area contributed by atoms with E-state index in [1.165, 1.54) is 16.7 Å². The van der Waals surface area contributed by atoms with Crippen LogP contribution in [-0.2, 0) is 30.7 Å². The van der Waals surface area contributed by atoms with Gasteiger partial charge in [0.15, 0.2) is 0 Å². The summed E-state index contributed by atoms with van der Waals surface area (Å²) in [7, 11) is 0. The molecule has 2 aliphatic heterocycles. The first-order valence-electron chi connectivity index (χ1n) is 12.3. The maximum absolute atomic E-state index is 13.0. The number of nitrogens with one attached hydrogen (secondary N) is 1. The highest BCUT2D eigenvalue weighted by atomic mass is 16.5. The number of fused-ring (bicyclic) bond motifs is 2. The molecule has 178 valence electrons. The first-order valence-corrected chi connectivity index (χ1v) is 12.3. The van der Waals surface area contributed by atoms with Gasteiger partial charge >= 0.3 is 0 Å². The molecular weight excluding hydrogens is 414 g/mol. The van der Waals surface area contributed by atoms with Crippen molar-refractivity contribution in [3.63, 3.8) is 0 Å². The monoisotopic (exact) mass is 451 g/mol. The zero-order chi connectivity index (χ0) is 23.0. The minimum atomic E-state index is -0.542. The molecule has 2 aliphatic rings. The molecule has 0 saturated carbocycles. The van der Waals surface area contributed by atoms with Crippen LogP contribution < -0.4 is 5.32 Å². The van der Waals surface area contributed by atoms with Crippen LogP contribution in [0.1, 0.15) is 46.0 Å². The number of rotatable bonds is 11. The van der Waals surface area contributed by atoms with Gasteiger partial charge in [-0.15, -0.1) is 0 Å². The molecule has 33 heavy (non-hydrogen) atoms. The fourth-order valence-corrected chi connectivity index (χ4v) is 4.82. The fraction of sp³-hybridized carbons (Fsp3) is 0.519. The van der Waals surface area contributed by atoms with Crippen molar-refractivity contribution in [3.8, 4) is 0 Å². The van der Waals surface area contributed by atoms with Gasteiger partial charge in [-0.25, -0.2) is 0 Å². The highest BCUT2D eigenvalue weighted by Gasteiger charge is 2.27. The normalized spacial score (nSPS) is 17.0. The lowest BCUT2D eigenvalue weighted by molar-refractivity contribution is 0.0492. The predicted octanol–water partition coefficient (Wildman–Crippen LogP) is 2.62. The fourth-order valence-electron chi connectivity index (χ4n) is 4.82. The Hall–Kier alpha value is -2.25. The van der Waals surface area contributed by atoms with Gasteiger partial charge in [0.05, 0.1) is 12.7 Å². The molecule has 0 saturated heterocycles. The lowest BCUT2D eigenvalue weighted by Crippen LogP contribution is -2.46. The minimum absolute atomic E-state index is 0.0340. The van der Waals surface area contributed by atoms with Crippen LogP contribution in [0.5, 0.6) is 0 Å². The van der Waals surface area contributed by atoms with Crippen molar-refractivity contribution < 1.29 is 14.6 Å². The molecular formula is C27H37N3O3. The summed E-state index contributed by atoms with van der Waals surface area (Å²) < 4.78 is 5.50. The summed E-state index contributed by atoms with van der Waals surface area (Å²) >= 11 is 0. The number of hydrogen-bond donors (Lipinski definition) is 2. The summed E-state index contributed by atoms with van der Waals surface area (Å²) in [5.41, 5.74) is 5.83. The molecule has 0 aromatic heterocycles. The number of nitrogens with zero attached hydrogens (tertiary/aromatic N) is 2. The number of β-amino-alcohol motifs (C(OH)–C–C–N with tert-alkyl or cyclic N) is 1. The van der Waals surface area contributed by atoms with Gasteiger partial charge < -0.3 is 20.1 Å². The molecule has 4 rings (SSSR count). The lowest BCUT2D eigenvalue weighted by Gasteiger charge is -2.34. The Bertz CT molecular complexity index is 933. The molecule has 2 heterocycles. The van der Waals surface area contributed by atoms with Crippen molar-refractivity contribution in [2.24, 2.45) is 0 Å². The van der Waals surface area contributed by atoms with E-state index in [9.17, 15) is 9.90 Å². The lowest BCUT2D eigenvalue weighted by atomic mass is 9.96. The molecule has 2 N–H and O–H groups in total. The van der Waals surface area contributed by atoms with Crippen LogP contribution in [0.25, 0.3) is 0 Å². The van der Waals surface area contributed by atoms with Crippen molar-refractivity contribution >= 4 is 5.91 Å². The molecule has 0 spiro atoms. The molecule has 1 atom stereocenters. The molecule has 2 aromatic rings. The summed E-state index contributed by atoms with van der Waals surface area (Å²) in [4.78, 5) is 17.2. The highest BCUT2D eigenvalue weighted by molar-refractivity contribution is 5.96. The van der Waals surface area contributed by atoms with Gasteiger partial charge in [0, 0.05) is 58.0 Å². The van der Waals surface area contributed by atoms with E-state index in [1.54, 1.807) is 0 Å². The van der Waals surface area contributed by atoms with E-state index in [1.807, 2.05) is 17.0 Å². The Morgan fingerprint density at radius 3 is 2.70 bits per heavy atom. The van der Waals surface area contributed by atoms with Crippen LogP contribution in [0.4, 0.5) is 0 Å². The molecule has 6 nitrogen and oxygen atoms in total. The largest absolute Gasteiger partial charge is 0.390 e. The summed E-state index contributed by atoms with van der Waals surface area (Å²) in [6, 6.07) is 14.6. The standard InChI is InChI=1S/C27H37N3O3/c1-2-14-33-15-11-28-17-21-7-8-26-23(16-21)10-13-30(27(26)32)20-25(31)19-29-12-9-22-5-3-4-6-24(22)18-29/h3-8,16,25,28,31H,2,9-15,17-20H2,1H3. The second-order valence-electron chi connectivity index (χ2n) is 9.19. The third-order valence-corrected chi connectivity index (χ3v) is 6.55. The smallest absolute Gasteiger partial charge is 0.254 e. The van der Waals surface area contributed by atoms with E-state index < -0.39 is 6.10 Å². The van der Waals surface area contributed by atoms with Crippen molar-refractivity contribution in [1.82, 2.24) is 15.1 Å². The van der Waals surface area contributed by atoms with Crippen molar-refractivity contribution in [2.75, 3.05) is 45.9 Å². The third kappa shape index (κ3) is 6.42. The van der Waals surface area contributed by atoms with Gasteiger partial charge in [-0.3, -0.25) is 9.69 Å². The van der Waals surface area contributed by atoms with Crippen LogP contribution in [0.2, 0.25) is 0 Å². The molecule has 1 amide bonds. The average Bonchev–Trinajstić information content (AvgIpc) is 2.83. The summed E-state index contributed by atoms with van der Waals surface area (Å²) in [5.74, 6) is 0.0340. The van der Waals surface area contributed by atoms with E-state index in [0.29, 0.717) is 19.6 Å².